The molecule has 108 valence electrons. The summed E-state index contributed by atoms with van der Waals surface area (Å²) in [5.74, 6) is -1.43. The van der Waals surface area contributed by atoms with Gasteiger partial charge in [0, 0.05) is 12.0 Å². The molecule has 0 unspecified atom stereocenters. The highest BCUT2D eigenvalue weighted by molar-refractivity contribution is 5.36. The maximum Gasteiger partial charge on any atom is 0.304 e. The Bertz CT molecular complexity index is 412. The summed E-state index contributed by atoms with van der Waals surface area (Å²) in [6, 6.07) is 3.41. The Morgan fingerprint density at radius 3 is 2.32 bits per heavy atom. The molecule has 0 aliphatic carbocycles. The van der Waals surface area contributed by atoms with Crippen molar-refractivity contribution >= 4 is 5.69 Å². The Labute approximate surface area is 111 Å². The molecule has 0 aliphatic heterocycles. The highest BCUT2D eigenvalue weighted by Crippen LogP contribution is 2.24. The Morgan fingerprint density at radius 1 is 1.42 bits per heavy atom. The van der Waals surface area contributed by atoms with E-state index in [2.05, 4.69) is 13.8 Å². The van der Waals surface area contributed by atoms with Crippen molar-refractivity contribution in [3.05, 3.63) is 39.7 Å². The fraction of sp³-hybridized carbons (Fsp3) is 0.538. The zero-order chi connectivity index (χ0) is 15.0. The van der Waals surface area contributed by atoms with Gasteiger partial charge in [0.1, 0.15) is 0 Å². The van der Waals surface area contributed by atoms with Crippen LogP contribution in [-0.2, 0) is 0 Å². The maximum absolute atomic E-state index is 13.2. The van der Waals surface area contributed by atoms with Crippen LogP contribution < -0.4 is 0 Å². The molecule has 0 spiro atoms. The van der Waals surface area contributed by atoms with Gasteiger partial charge in [0.05, 0.1) is 17.6 Å². The van der Waals surface area contributed by atoms with E-state index < -0.39 is 35.1 Å². The van der Waals surface area contributed by atoms with Crippen LogP contribution in [0.1, 0.15) is 38.7 Å². The van der Waals surface area contributed by atoms with Crippen molar-refractivity contribution in [3.8, 4) is 0 Å². The van der Waals surface area contributed by atoms with Gasteiger partial charge in [0.15, 0.2) is 0 Å². The van der Waals surface area contributed by atoms with Crippen LogP contribution >= 0.6 is 0 Å². The normalized spacial score (nSPS) is 13.2. The molecule has 2 atom stereocenters. The molecule has 19 heavy (non-hydrogen) atoms. The van der Waals surface area contributed by atoms with Gasteiger partial charge in [-0.25, -0.2) is 0 Å². The minimum absolute atomic E-state index is 0.407. The Balaban J connectivity index is 0.000000982. The number of hydrogen-bond donors (Lipinski definition) is 2. The van der Waals surface area contributed by atoms with Gasteiger partial charge >= 0.3 is 5.69 Å². The van der Waals surface area contributed by atoms with Crippen LogP contribution in [0, 0.1) is 15.9 Å². The summed E-state index contributed by atoms with van der Waals surface area (Å²) in [5, 5.41) is 28.4. The summed E-state index contributed by atoms with van der Waals surface area (Å²) in [5.41, 5.74) is -0.195. The monoisotopic (exact) mass is 273 g/mol. The molecule has 1 aromatic rings. The van der Waals surface area contributed by atoms with Crippen LogP contribution in [0.2, 0.25) is 0 Å². The fourth-order valence-electron chi connectivity index (χ4n) is 1.33. The van der Waals surface area contributed by atoms with Crippen molar-refractivity contribution in [2.75, 3.05) is 6.61 Å². The fourth-order valence-corrected chi connectivity index (χ4v) is 1.33. The molecule has 1 aromatic carbocycles. The van der Waals surface area contributed by atoms with Gasteiger partial charge in [0.2, 0.25) is 5.82 Å². The highest BCUT2D eigenvalue weighted by atomic mass is 19.1. The molecule has 0 heterocycles. The third-order valence-corrected chi connectivity index (χ3v) is 2.46. The van der Waals surface area contributed by atoms with E-state index in [1.807, 2.05) is 0 Å². The van der Waals surface area contributed by atoms with E-state index in [1.165, 1.54) is 12.5 Å². The quantitative estimate of drug-likeness (QED) is 0.652. The lowest BCUT2D eigenvalue weighted by Crippen LogP contribution is -2.20. The molecular weight excluding hydrogens is 253 g/mol. The van der Waals surface area contributed by atoms with E-state index in [9.17, 15) is 19.6 Å². The SMILES string of the molecule is CCC.C[C@H](c1ccc([N+](=O)[O-])c(F)c1)[C@H](O)CO. The van der Waals surface area contributed by atoms with E-state index in [-0.39, 0.29) is 0 Å². The molecule has 0 fully saturated rings. The van der Waals surface area contributed by atoms with Crippen molar-refractivity contribution in [1.82, 2.24) is 0 Å². The van der Waals surface area contributed by atoms with Crippen molar-refractivity contribution in [3.63, 3.8) is 0 Å². The topological polar surface area (TPSA) is 83.6 Å². The zero-order valence-corrected chi connectivity index (χ0v) is 11.3. The van der Waals surface area contributed by atoms with Crippen molar-refractivity contribution < 1.29 is 19.5 Å². The Hall–Kier alpha value is -1.53. The van der Waals surface area contributed by atoms with Crippen LogP contribution in [0.15, 0.2) is 18.2 Å². The minimum Gasteiger partial charge on any atom is -0.394 e. The molecule has 6 heteroatoms. The van der Waals surface area contributed by atoms with Crippen LogP contribution in [0.5, 0.6) is 0 Å². The number of benzene rings is 1. The Kier molecular flexibility index (Phi) is 7.86. The van der Waals surface area contributed by atoms with E-state index in [0.717, 1.165) is 12.1 Å². The Morgan fingerprint density at radius 2 is 1.95 bits per heavy atom. The van der Waals surface area contributed by atoms with E-state index >= 15 is 0 Å². The maximum atomic E-state index is 13.2. The third kappa shape index (κ3) is 5.32. The first-order valence-corrected chi connectivity index (χ1v) is 6.11. The highest BCUT2D eigenvalue weighted by Gasteiger charge is 2.19. The largest absolute Gasteiger partial charge is 0.394 e. The average molecular weight is 273 g/mol. The summed E-state index contributed by atoms with van der Waals surface area (Å²) < 4.78 is 13.2. The summed E-state index contributed by atoms with van der Waals surface area (Å²) in [7, 11) is 0. The van der Waals surface area contributed by atoms with Crippen molar-refractivity contribution in [2.45, 2.75) is 39.2 Å². The first-order valence-electron chi connectivity index (χ1n) is 6.11. The first kappa shape index (κ1) is 17.5. The number of halogens is 1. The van der Waals surface area contributed by atoms with Gasteiger partial charge in [-0.3, -0.25) is 10.1 Å². The molecule has 0 saturated carbocycles. The number of aliphatic hydroxyl groups excluding tert-OH is 2. The van der Waals surface area contributed by atoms with Crippen LogP contribution in [0.4, 0.5) is 10.1 Å². The van der Waals surface area contributed by atoms with Crippen LogP contribution in [0.25, 0.3) is 0 Å². The van der Waals surface area contributed by atoms with Gasteiger partial charge in [-0.15, -0.1) is 0 Å². The second-order valence-electron chi connectivity index (χ2n) is 4.21. The van der Waals surface area contributed by atoms with Crippen LogP contribution in [0.3, 0.4) is 0 Å². The second kappa shape index (κ2) is 8.55. The van der Waals surface area contributed by atoms with Crippen molar-refractivity contribution in [1.29, 1.82) is 0 Å². The lowest BCUT2D eigenvalue weighted by Gasteiger charge is -2.16. The third-order valence-electron chi connectivity index (χ3n) is 2.46. The molecule has 2 N–H and O–H groups in total. The summed E-state index contributed by atoms with van der Waals surface area (Å²) in [4.78, 5) is 9.56. The van der Waals surface area contributed by atoms with Gasteiger partial charge in [-0.05, 0) is 11.6 Å². The summed E-state index contributed by atoms with van der Waals surface area (Å²) >= 11 is 0. The number of aliphatic hydroxyl groups is 2. The molecule has 0 aliphatic rings. The van der Waals surface area contributed by atoms with Crippen molar-refractivity contribution in [2.24, 2.45) is 0 Å². The van der Waals surface area contributed by atoms with E-state index in [4.69, 9.17) is 5.11 Å². The zero-order valence-electron chi connectivity index (χ0n) is 11.3. The molecule has 0 radical (unpaired) electrons. The first-order chi connectivity index (χ1) is 8.88. The molecule has 1 rings (SSSR count). The lowest BCUT2D eigenvalue weighted by atomic mass is 9.95. The molecular formula is C13H20FNO4. The lowest BCUT2D eigenvalue weighted by molar-refractivity contribution is -0.387. The van der Waals surface area contributed by atoms with Gasteiger partial charge in [0.25, 0.3) is 0 Å². The number of nitro groups is 1. The summed E-state index contributed by atoms with van der Waals surface area (Å²) in [6.45, 7) is 5.40. The molecule has 0 aromatic heterocycles. The van der Waals surface area contributed by atoms with E-state index in [1.54, 1.807) is 6.92 Å². The molecule has 0 amide bonds. The predicted octanol–water partition coefficient (Wildman–Crippen LogP) is 2.61. The minimum atomic E-state index is -1.01. The molecule has 0 saturated heterocycles. The molecule has 0 bridgehead atoms. The average Bonchev–Trinajstić information content (AvgIpc) is 2.37. The van der Waals surface area contributed by atoms with E-state index in [0.29, 0.717) is 5.56 Å². The number of nitro benzene ring substituents is 1. The standard InChI is InChI=1S/C10H12FNO4.C3H8/c1-6(10(14)5-13)7-2-3-9(12(15)16)8(11)4-7;1-3-2/h2-4,6,10,13-14H,5H2,1H3;3H2,1-2H3/t6-,10-;/m1./s1. The van der Waals surface area contributed by atoms with Gasteiger partial charge < -0.3 is 10.2 Å². The predicted molar refractivity (Wildman–Crippen MR) is 70.5 cm³/mol. The van der Waals surface area contributed by atoms with Crippen LogP contribution in [-0.4, -0.2) is 27.8 Å². The second-order valence-corrected chi connectivity index (χ2v) is 4.21. The number of rotatable bonds is 4. The summed E-state index contributed by atoms with van der Waals surface area (Å²) in [6.07, 6.45) is 0.237. The number of nitrogens with zero attached hydrogens (tertiary/aromatic N) is 1. The smallest absolute Gasteiger partial charge is 0.304 e. The number of hydrogen-bond acceptors (Lipinski definition) is 4. The molecule has 5 nitrogen and oxygen atoms in total. The van der Waals surface area contributed by atoms with Gasteiger partial charge in [-0.2, -0.15) is 4.39 Å². The van der Waals surface area contributed by atoms with Gasteiger partial charge in [-0.1, -0.05) is 33.3 Å².